The fraction of sp³-hybridized carbons (Fsp3) is 0.471. The van der Waals surface area contributed by atoms with Crippen molar-refractivity contribution in [2.75, 3.05) is 7.11 Å². The Bertz CT molecular complexity index is 1250. The molecule has 1 saturated heterocycles. The topological polar surface area (TPSA) is 86.6 Å². The zero-order valence-corrected chi connectivity index (χ0v) is 23.6. The van der Waals surface area contributed by atoms with Crippen molar-refractivity contribution in [2.24, 2.45) is 0 Å². The van der Waals surface area contributed by atoms with E-state index >= 15 is 0 Å². The summed E-state index contributed by atoms with van der Waals surface area (Å²) in [4.78, 5) is 0. The van der Waals surface area contributed by atoms with Gasteiger partial charge in [0.25, 0.3) is 0 Å². The van der Waals surface area contributed by atoms with E-state index in [0.717, 1.165) is 54.5 Å². The molecule has 0 radical (unpaired) electrons. The van der Waals surface area contributed by atoms with E-state index in [-0.39, 0.29) is 19.6 Å². The summed E-state index contributed by atoms with van der Waals surface area (Å²) in [7, 11) is 1.62. The van der Waals surface area contributed by atoms with Crippen molar-refractivity contribution in [3.63, 3.8) is 0 Å². The molecule has 3 aromatic carbocycles. The van der Waals surface area contributed by atoms with Crippen LogP contribution in [-0.4, -0.2) is 59.2 Å². The number of hydrogen-bond acceptors (Lipinski definition) is 7. The van der Waals surface area contributed by atoms with Gasteiger partial charge in [-0.15, -0.1) is 0 Å². The lowest BCUT2D eigenvalue weighted by Gasteiger charge is -2.50. The molecule has 218 valence electrons. The van der Waals surface area contributed by atoms with Gasteiger partial charge in [-0.1, -0.05) is 79.2 Å². The highest BCUT2D eigenvalue weighted by molar-refractivity contribution is 5.30. The molecule has 6 atom stereocenters. The van der Waals surface area contributed by atoms with E-state index in [1.165, 1.54) is 0 Å². The van der Waals surface area contributed by atoms with Gasteiger partial charge in [0, 0.05) is 19.3 Å². The molecular formula is C34H40O7. The molecule has 6 rings (SSSR count). The van der Waals surface area contributed by atoms with Crippen LogP contribution in [0.5, 0.6) is 5.75 Å². The summed E-state index contributed by atoms with van der Waals surface area (Å²) in [5, 5.41) is 24.6. The van der Waals surface area contributed by atoms with Gasteiger partial charge in [0.1, 0.15) is 41.9 Å². The number of methoxy groups -OCH3 is 1. The quantitative estimate of drug-likeness (QED) is 0.383. The second kappa shape index (κ2) is 12.2. The van der Waals surface area contributed by atoms with Crippen LogP contribution in [0, 0.1) is 0 Å². The number of rotatable bonds is 9. The minimum absolute atomic E-state index is 0.141. The Labute approximate surface area is 242 Å². The van der Waals surface area contributed by atoms with Crippen molar-refractivity contribution < 1.29 is 33.9 Å². The van der Waals surface area contributed by atoms with Crippen LogP contribution in [0.4, 0.5) is 0 Å². The first-order valence-electron chi connectivity index (χ1n) is 14.7. The van der Waals surface area contributed by atoms with E-state index in [4.69, 9.17) is 23.7 Å². The lowest BCUT2D eigenvalue weighted by Crippen LogP contribution is -2.71. The standard InChI is InChI=1S/C34H40O7/c1-37-27-17-15-24(16-18-27)21-34(36)31(35)29(38-22-25-11-5-2-6-12-25)28-30(41-33(40-28)19-9-4-10-20-33)32(34)39-23-26-13-7-3-8-14-26/h2-3,5-8,11-18,28-32,35-36H,4,9-10,19-23H2,1H3/t28-,29-,30+,31-,32-,34-/m0/s1. The Kier molecular flexibility index (Phi) is 8.45. The Hall–Kier alpha value is -2.78. The Morgan fingerprint density at radius 1 is 0.732 bits per heavy atom. The Morgan fingerprint density at radius 2 is 1.32 bits per heavy atom. The Balaban J connectivity index is 1.35. The summed E-state index contributed by atoms with van der Waals surface area (Å²) in [5.74, 6) is -0.0424. The molecule has 2 aliphatic carbocycles. The summed E-state index contributed by atoms with van der Waals surface area (Å²) in [5.41, 5.74) is 1.07. The minimum Gasteiger partial charge on any atom is -0.497 e. The van der Waals surface area contributed by atoms with Crippen LogP contribution in [0.2, 0.25) is 0 Å². The average molecular weight is 561 g/mol. The predicted molar refractivity (Wildman–Crippen MR) is 153 cm³/mol. The third kappa shape index (κ3) is 5.93. The highest BCUT2D eigenvalue weighted by Gasteiger charge is 2.66. The molecule has 41 heavy (non-hydrogen) atoms. The van der Waals surface area contributed by atoms with E-state index < -0.39 is 41.9 Å². The molecule has 0 aromatic heterocycles. The summed E-state index contributed by atoms with van der Waals surface area (Å²) in [6.45, 7) is 0.536. The molecule has 0 amide bonds. The van der Waals surface area contributed by atoms with E-state index in [1.807, 2.05) is 84.9 Å². The third-order valence-corrected chi connectivity index (χ3v) is 8.78. The minimum atomic E-state index is -1.71. The number of fused-ring (bicyclic) bond motifs is 1. The first-order valence-corrected chi connectivity index (χ1v) is 14.7. The Morgan fingerprint density at radius 3 is 1.93 bits per heavy atom. The molecule has 3 fully saturated rings. The summed E-state index contributed by atoms with van der Waals surface area (Å²) < 4.78 is 31.8. The highest BCUT2D eigenvalue weighted by atomic mass is 16.8. The molecule has 1 heterocycles. The highest BCUT2D eigenvalue weighted by Crippen LogP contribution is 2.49. The predicted octanol–water partition coefficient (Wildman–Crippen LogP) is 4.96. The molecule has 1 spiro atoms. The van der Waals surface area contributed by atoms with Crippen LogP contribution >= 0.6 is 0 Å². The molecule has 2 N–H and O–H groups in total. The normalized spacial score (nSPS) is 30.7. The van der Waals surface area contributed by atoms with Gasteiger partial charge in [0.15, 0.2) is 5.79 Å². The molecule has 1 aliphatic heterocycles. The monoisotopic (exact) mass is 560 g/mol. The molecule has 7 heteroatoms. The summed E-state index contributed by atoms with van der Waals surface area (Å²) in [6.07, 6.45) is 0.632. The summed E-state index contributed by atoms with van der Waals surface area (Å²) >= 11 is 0. The van der Waals surface area contributed by atoms with Crippen LogP contribution in [-0.2, 0) is 38.6 Å². The van der Waals surface area contributed by atoms with Crippen LogP contribution in [0.1, 0.15) is 48.8 Å². The number of hydrogen-bond donors (Lipinski definition) is 2. The lowest BCUT2D eigenvalue weighted by molar-refractivity contribution is -0.269. The number of benzene rings is 3. The fourth-order valence-electron chi connectivity index (χ4n) is 6.62. The molecule has 0 unspecified atom stereocenters. The first kappa shape index (κ1) is 28.3. The maximum absolute atomic E-state index is 12.5. The number of aliphatic hydroxyl groups excluding tert-OH is 1. The van der Waals surface area contributed by atoms with Gasteiger partial charge in [-0.25, -0.2) is 0 Å². The number of aliphatic hydroxyl groups is 2. The average Bonchev–Trinajstić information content (AvgIpc) is 3.36. The van der Waals surface area contributed by atoms with Crippen LogP contribution < -0.4 is 4.74 Å². The van der Waals surface area contributed by atoms with Crippen molar-refractivity contribution in [3.05, 3.63) is 102 Å². The van der Waals surface area contributed by atoms with Gasteiger partial charge in [-0.05, 0) is 41.7 Å². The number of ether oxygens (including phenoxy) is 5. The zero-order valence-electron chi connectivity index (χ0n) is 23.6. The molecule has 2 saturated carbocycles. The van der Waals surface area contributed by atoms with Crippen LogP contribution in [0.3, 0.4) is 0 Å². The van der Waals surface area contributed by atoms with Gasteiger partial charge in [0.05, 0.1) is 20.3 Å². The lowest BCUT2D eigenvalue weighted by atomic mass is 9.71. The van der Waals surface area contributed by atoms with Crippen molar-refractivity contribution in [3.8, 4) is 5.75 Å². The molecular weight excluding hydrogens is 520 g/mol. The van der Waals surface area contributed by atoms with Crippen molar-refractivity contribution >= 4 is 0 Å². The second-order valence-corrected chi connectivity index (χ2v) is 11.6. The maximum Gasteiger partial charge on any atom is 0.169 e. The van der Waals surface area contributed by atoms with Gasteiger partial charge < -0.3 is 33.9 Å². The van der Waals surface area contributed by atoms with Gasteiger partial charge in [0.2, 0.25) is 0 Å². The smallest absolute Gasteiger partial charge is 0.169 e. The zero-order chi connectivity index (χ0) is 28.3. The van der Waals surface area contributed by atoms with Gasteiger partial charge in [-0.3, -0.25) is 0 Å². The molecule has 0 bridgehead atoms. The van der Waals surface area contributed by atoms with Crippen molar-refractivity contribution in [1.29, 1.82) is 0 Å². The van der Waals surface area contributed by atoms with Crippen LogP contribution in [0.25, 0.3) is 0 Å². The SMILES string of the molecule is COc1ccc(C[C@]2(O)[C@@H](O)[C@@H](OCc3ccccc3)[C@@H]3OC4(CCCCC4)O[C@H]3[C@@H]2OCc2ccccc2)cc1. The van der Waals surface area contributed by atoms with Gasteiger partial charge in [-0.2, -0.15) is 0 Å². The fourth-order valence-corrected chi connectivity index (χ4v) is 6.62. The first-order chi connectivity index (χ1) is 20.0. The van der Waals surface area contributed by atoms with Gasteiger partial charge >= 0.3 is 0 Å². The van der Waals surface area contributed by atoms with E-state index in [2.05, 4.69) is 0 Å². The molecule has 3 aromatic rings. The van der Waals surface area contributed by atoms with E-state index in [0.29, 0.717) is 0 Å². The molecule has 3 aliphatic rings. The van der Waals surface area contributed by atoms with Crippen molar-refractivity contribution in [2.45, 2.75) is 93.6 Å². The van der Waals surface area contributed by atoms with Crippen molar-refractivity contribution in [1.82, 2.24) is 0 Å². The molecule has 7 nitrogen and oxygen atoms in total. The largest absolute Gasteiger partial charge is 0.497 e. The maximum atomic E-state index is 12.5. The summed E-state index contributed by atoms with van der Waals surface area (Å²) in [6, 6.07) is 27.2. The second-order valence-electron chi connectivity index (χ2n) is 11.6. The van der Waals surface area contributed by atoms with E-state index in [1.54, 1.807) is 7.11 Å². The third-order valence-electron chi connectivity index (χ3n) is 8.78. The van der Waals surface area contributed by atoms with E-state index in [9.17, 15) is 10.2 Å². The van der Waals surface area contributed by atoms with Crippen LogP contribution in [0.15, 0.2) is 84.9 Å².